The first-order valence-electron chi connectivity index (χ1n) is 10.3. The van der Waals surface area contributed by atoms with Crippen LogP contribution in [0.1, 0.15) is 38.5 Å². The van der Waals surface area contributed by atoms with Crippen LogP contribution in [0.25, 0.3) is 0 Å². The maximum absolute atomic E-state index is 13.3. The number of nitrogens with zero attached hydrogens (tertiary/aromatic N) is 1. The van der Waals surface area contributed by atoms with Crippen molar-refractivity contribution in [3.63, 3.8) is 0 Å². The molecule has 28 heavy (non-hydrogen) atoms. The van der Waals surface area contributed by atoms with Crippen molar-refractivity contribution in [1.29, 1.82) is 0 Å². The molecular weight excluding hydrogens is 376 g/mol. The molecule has 1 saturated carbocycles. The van der Waals surface area contributed by atoms with Gasteiger partial charge in [-0.25, -0.2) is 4.79 Å². The molecule has 1 aromatic carbocycles. The molecule has 1 aliphatic carbocycles. The monoisotopic (exact) mass is 406 g/mol. The molecule has 4 rings (SSSR count). The summed E-state index contributed by atoms with van der Waals surface area (Å²) in [6.07, 6.45) is 6.27. The zero-order valence-corrected chi connectivity index (χ0v) is 17.1. The van der Waals surface area contributed by atoms with Gasteiger partial charge < -0.3 is 20.9 Å². The highest BCUT2D eigenvalue weighted by Crippen LogP contribution is 2.45. The van der Waals surface area contributed by atoms with Gasteiger partial charge in [-0.1, -0.05) is 31.0 Å². The van der Waals surface area contributed by atoms with Crippen LogP contribution in [-0.4, -0.2) is 49.1 Å². The van der Waals surface area contributed by atoms with Gasteiger partial charge in [-0.05, 0) is 50.3 Å². The smallest absolute Gasteiger partial charge is 0.319 e. The predicted molar refractivity (Wildman–Crippen MR) is 113 cm³/mol. The molecule has 154 valence electrons. The van der Waals surface area contributed by atoms with Crippen molar-refractivity contribution < 1.29 is 9.59 Å². The Bertz CT molecular complexity index is 678. The van der Waals surface area contributed by atoms with Crippen molar-refractivity contribution >= 4 is 30.0 Å². The van der Waals surface area contributed by atoms with E-state index in [1.807, 2.05) is 30.3 Å². The summed E-state index contributed by atoms with van der Waals surface area (Å²) in [6.45, 7) is 3.31. The van der Waals surface area contributed by atoms with Crippen LogP contribution in [0.3, 0.4) is 0 Å². The zero-order chi connectivity index (χ0) is 18.7. The minimum atomic E-state index is -0.170. The summed E-state index contributed by atoms with van der Waals surface area (Å²) in [5, 5.41) is 9.39. The molecule has 0 spiro atoms. The lowest BCUT2D eigenvalue weighted by Crippen LogP contribution is -2.54. The fourth-order valence-corrected chi connectivity index (χ4v) is 5.08. The Morgan fingerprint density at radius 2 is 1.82 bits per heavy atom. The zero-order valence-electron chi connectivity index (χ0n) is 16.3. The fourth-order valence-electron chi connectivity index (χ4n) is 5.08. The number of likely N-dealkylation sites (tertiary alicyclic amines) is 1. The summed E-state index contributed by atoms with van der Waals surface area (Å²) in [5.41, 5.74) is 0.627. The van der Waals surface area contributed by atoms with Gasteiger partial charge in [0, 0.05) is 31.4 Å². The van der Waals surface area contributed by atoms with E-state index in [0.29, 0.717) is 11.8 Å². The second-order valence-electron chi connectivity index (χ2n) is 8.26. The number of hydrogen-bond donors (Lipinski definition) is 3. The highest BCUT2D eigenvalue weighted by molar-refractivity contribution is 5.89. The maximum atomic E-state index is 13.3. The summed E-state index contributed by atoms with van der Waals surface area (Å²) in [5.74, 6) is 0.857. The SMILES string of the molecule is Cl.O=C(Nc1ccccc1)NC1CCN(C(=O)[C@@]23CCCC[C@H]2CNC3)CC1. The third kappa shape index (κ3) is 4.28. The van der Waals surface area contributed by atoms with Crippen LogP contribution >= 0.6 is 12.4 Å². The molecule has 0 bridgehead atoms. The highest BCUT2D eigenvalue weighted by Gasteiger charge is 2.51. The number of carbonyl (C=O) groups is 2. The number of carbonyl (C=O) groups excluding carboxylic acids is 2. The summed E-state index contributed by atoms with van der Waals surface area (Å²) in [6, 6.07) is 9.42. The Morgan fingerprint density at radius 3 is 2.57 bits per heavy atom. The number of rotatable bonds is 3. The van der Waals surface area contributed by atoms with E-state index >= 15 is 0 Å². The van der Waals surface area contributed by atoms with E-state index in [0.717, 1.165) is 51.1 Å². The lowest BCUT2D eigenvalue weighted by Gasteiger charge is -2.43. The Morgan fingerprint density at radius 1 is 1.07 bits per heavy atom. The normalized spacial score (nSPS) is 27.4. The first-order chi connectivity index (χ1) is 13.2. The van der Waals surface area contributed by atoms with Crippen molar-refractivity contribution in [3.8, 4) is 0 Å². The van der Waals surface area contributed by atoms with E-state index in [1.165, 1.54) is 19.3 Å². The second kappa shape index (κ2) is 9.14. The Labute approximate surface area is 173 Å². The molecule has 2 atom stereocenters. The molecule has 1 aromatic rings. The van der Waals surface area contributed by atoms with E-state index < -0.39 is 0 Å². The van der Waals surface area contributed by atoms with Crippen LogP contribution in [-0.2, 0) is 4.79 Å². The van der Waals surface area contributed by atoms with E-state index in [-0.39, 0.29) is 29.9 Å². The third-order valence-corrected chi connectivity index (χ3v) is 6.61. The minimum absolute atomic E-state index is 0. The number of urea groups is 1. The number of piperidine rings is 1. The van der Waals surface area contributed by atoms with Gasteiger partial charge in [0.2, 0.25) is 5.91 Å². The average Bonchev–Trinajstić information content (AvgIpc) is 3.14. The molecule has 0 radical (unpaired) electrons. The van der Waals surface area contributed by atoms with Crippen molar-refractivity contribution in [2.24, 2.45) is 11.3 Å². The summed E-state index contributed by atoms with van der Waals surface area (Å²) in [7, 11) is 0. The Kier molecular flexibility index (Phi) is 6.83. The lowest BCUT2D eigenvalue weighted by molar-refractivity contribution is -0.146. The molecule has 6 nitrogen and oxygen atoms in total. The number of benzene rings is 1. The van der Waals surface area contributed by atoms with Crippen LogP contribution in [0.15, 0.2) is 30.3 Å². The maximum Gasteiger partial charge on any atom is 0.319 e. The van der Waals surface area contributed by atoms with E-state index in [9.17, 15) is 9.59 Å². The average molecular weight is 407 g/mol. The third-order valence-electron chi connectivity index (χ3n) is 6.61. The fraction of sp³-hybridized carbons (Fsp3) is 0.619. The molecule has 7 heteroatoms. The van der Waals surface area contributed by atoms with Crippen molar-refractivity contribution in [2.75, 3.05) is 31.5 Å². The summed E-state index contributed by atoms with van der Waals surface area (Å²) in [4.78, 5) is 27.5. The minimum Gasteiger partial charge on any atom is -0.342 e. The summed E-state index contributed by atoms with van der Waals surface area (Å²) >= 11 is 0. The highest BCUT2D eigenvalue weighted by atomic mass is 35.5. The van der Waals surface area contributed by atoms with Crippen LogP contribution in [0, 0.1) is 11.3 Å². The first kappa shape index (κ1) is 20.9. The van der Waals surface area contributed by atoms with Gasteiger partial charge in [0.1, 0.15) is 0 Å². The molecule has 3 N–H and O–H groups in total. The topological polar surface area (TPSA) is 73.5 Å². The standard InChI is InChI=1S/C21H30N4O2.ClH/c26-19(21-11-5-4-6-16(21)14-22-15-21)25-12-9-18(10-13-25)24-20(27)23-17-7-2-1-3-8-17;/h1-3,7-8,16,18,22H,4-6,9-15H2,(H2,23,24,27);1H/t16-,21+;/m0./s1. The Balaban J connectivity index is 0.00000225. The molecule has 2 aliphatic heterocycles. The number of halogens is 1. The Hall–Kier alpha value is -1.79. The van der Waals surface area contributed by atoms with Crippen LogP contribution < -0.4 is 16.0 Å². The quantitative estimate of drug-likeness (QED) is 0.722. The van der Waals surface area contributed by atoms with Gasteiger partial charge >= 0.3 is 6.03 Å². The van der Waals surface area contributed by atoms with Gasteiger partial charge in [-0.3, -0.25) is 4.79 Å². The molecule has 3 amide bonds. The van der Waals surface area contributed by atoms with E-state index in [2.05, 4.69) is 20.9 Å². The van der Waals surface area contributed by atoms with Gasteiger partial charge in [0.15, 0.2) is 0 Å². The van der Waals surface area contributed by atoms with E-state index in [4.69, 9.17) is 0 Å². The molecule has 2 saturated heterocycles. The number of amides is 3. The van der Waals surface area contributed by atoms with Gasteiger partial charge in [-0.2, -0.15) is 0 Å². The number of para-hydroxylation sites is 1. The van der Waals surface area contributed by atoms with Crippen LogP contribution in [0.5, 0.6) is 0 Å². The largest absolute Gasteiger partial charge is 0.342 e. The molecule has 0 unspecified atom stereocenters. The number of anilines is 1. The number of nitrogens with one attached hydrogen (secondary N) is 3. The van der Waals surface area contributed by atoms with Crippen molar-refractivity contribution in [2.45, 2.75) is 44.6 Å². The number of hydrogen-bond acceptors (Lipinski definition) is 3. The van der Waals surface area contributed by atoms with Crippen LogP contribution in [0.4, 0.5) is 10.5 Å². The molecule has 3 aliphatic rings. The molecular formula is C21H31ClN4O2. The van der Waals surface area contributed by atoms with E-state index in [1.54, 1.807) is 0 Å². The van der Waals surface area contributed by atoms with Gasteiger partial charge in [-0.15, -0.1) is 12.4 Å². The van der Waals surface area contributed by atoms with Crippen molar-refractivity contribution in [1.82, 2.24) is 15.5 Å². The molecule has 0 aromatic heterocycles. The summed E-state index contributed by atoms with van der Waals surface area (Å²) < 4.78 is 0. The first-order valence-corrected chi connectivity index (χ1v) is 10.3. The molecule has 2 heterocycles. The van der Waals surface area contributed by atoms with Gasteiger partial charge in [0.25, 0.3) is 0 Å². The van der Waals surface area contributed by atoms with Crippen LogP contribution in [0.2, 0.25) is 0 Å². The van der Waals surface area contributed by atoms with Crippen molar-refractivity contribution in [3.05, 3.63) is 30.3 Å². The molecule has 3 fully saturated rings. The second-order valence-corrected chi connectivity index (χ2v) is 8.26. The lowest BCUT2D eigenvalue weighted by atomic mass is 9.67. The predicted octanol–water partition coefficient (Wildman–Crippen LogP) is 3.00. The number of fused-ring (bicyclic) bond motifs is 1. The van der Waals surface area contributed by atoms with Gasteiger partial charge in [0.05, 0.1) is 5.41 Å².